The van der Waals surface area contributed by atoms with Gasteiger partial charge in [0.15, 0.2) is 0 Å². The second-order valence-electron chi connectivity index (χ2n) is 11.1. The van der Waals surface area contributed by atoms with Crippen LogP contribution in [0.4, 0.5) is 13.2 Å². The molecule has 0 aliphatic heterocycles. The second kappa shape index (κ2) is 10.9. The summed E-state index contributed by atoms with van der Waals surface area (Å²) in [5, 5.41) is 4.60. The van der Waals surface area contributed by atoms with Crippen molar-refractivity contribution in [2.75, 3.05) is 13.7 Å². The number of nitrogens with zero attached hydrogens (tertiary/aromatic N) is 2. The van der Waals surface area contributed by atoms with E-state index < -0.39 is 29.4 Å². The van der Waals surface area contributed by atoms with E-state index in [2.05, 4.69) is 5.10 Å². The highest BCUT2D eigenvalue weighted by Gasteiger charge is 2.65. The Morgan fingerprint density at radius 1 is 1.15 bits per heavy atom. The van der Waals surface area contributed by atoms with Crippen LogP contribution < -0.4 is 0 Å². The number of esters is 2. The van der Waals surface area contributed by atoms with Crippen molar-refractivity contribution in [2.45, 2.75) is 70.4 Å². The Kier molecular flexibility index (Phi) is 7.82. The largest absolute Gasteiger partial charge is 0.469 e. The maximum atomic E-state index is 14.2. The number of halogens is 4. The van der Waals surface area contributed by atoms with Gasteiger partial charge in [0, 0.05) is 12.0 Å². The van der Waals surface area contributed by atoms with Crippen molar-refractivity contribution < 1.29 is 37.0 Å². The fourth-order valence-electron chi connectivity index (χ4n) is 6.35. The average molecular weight is 593 g/mol. The minimum Gasteiger partial charge on any atom is -0.469 e. The van der Waals surface area contributed by atoms with E-state index >= 15 is 0 Å². The Hall–Kier alpha value is -3.14. The SMILES string of the molecule is CCOC(=O)C1CCC(c2nn(C(=O)c3c(Cl)cccc3C3(C(F)(F)F)CC3)c3c2CCC(C(=O)OC)C3)=C[C@@H]1C. The van der Waals surface area contributed by atoms with Crippen molar-refractivity contribution >= 4 is 35.0 Å². The van der Waals surface area contributed by atoms with Crippen LogP contribution in [0, 0.1) is 17.8 Å². The summed E-state index contributed by atoms with van der Waals surface area (Å²) in [6.45, 7) is 3.97. The van der Waals surface area contributed by atoms with E-state index in [0.717, 1.165) is 15.8 Å². The summed E-state index contributed by atoms with van der Waals surface area (Å²) in [7, 11) is 1.29. The maximum absolute atomic E-state index is 14.2. The van der Waals surface area contributed by atoms with Gasteiger partial charge in [-0.3, -0.25) is 14.4 Å². The van der Waals surface area contributed by atoms with Crippen LogP contribution in [0.1, 0.15) is 78.8 Å². The van der Waals surface area contributed by atoms with Crippen molar-refractivity contribution in [1.29, 1.82) is 0 Å². The molecule has 5 rings (SSSR count). The molecule has 7 nitrogen and oxygen atoms in total. The molecule has 3 aliphatic carbocycles. The van der Waals surface area contributed by atoms with Gasteiger partial charge >= 0.3 is 18.1 Å². The van der Waals surface area contributed by atoms with Crippen LogP contribution in [-0.4, -0.2) is 47.5 Å². The number of carbonyl (C=O) groups is 3. The minimum absolute atomic E-state index is 0.0862. The van der Waals surface area contributed by atoms with Crippen LogP contribution in [-0.2, 0) is 37.3 Å². The molecule has 0 spiro atoms. The number of rotatable bonds is 6. The summed E-state index contributed by atoms with van der Waals surface area (Å²) in [6.07, 6.45) is -0.724. The topological polar surface area (TPSA) is 87.5 Å². The minimum atomic E-state index is -4.55. The lowest BCUT2D eigenvalue weighted by Gasteiger charge is -2.26. The molecular weight excluding hydrogens is 561 g/mol. The number of allylic oxidation sites excluding steroid dienone is 2. The zero-order valence-electron chi connectivity index (χ0n) is 23.1. The lowest BCUT2D eigenvalue weighted by molar-refractivity contribution is -0.160. The zero-order valence-corrected chi connectivity index (χ0v) is 23.9. The molecule has 0 N–H and O–H groups in total. The maximum Gasteiger partial charge on any atom is 0.398 e. The number of hydrogen-bond acceptors (Lipinski definition) is 6. The number of fused-ring (bicyclic) bond motifs is 1. The third-order valence-corrected chi connectivity index (χ3v) is 9.07. The number of hydrogen-bond donors (Lipinski definition) is 0. The number of carbonyl (C=O) groups excluding carboxylic acids is 3. The molecule has 1 aromatic heterocycles. The van der Waals surface area contributed by atoms with E-state index in [0.29, 0.717) is 43.7 Å². The van der Waals surface area contributed by atoms with Crippen LogP contribution in [0.5, 0.6) is 0 Å². The standard InChI is InChI=1S/C30H32ClF3N2O5/c1-4-41-28(39)19-10-8-17(14-16(19)2)25-20-11-9-18(27(38)40-3)15-23(20)36(35-25)26(37)24-21(6-5-7-22(24)31)29(12-13-29)30(32,33)34/h5-7,14,16,18-19H,4,8-13,15H2,1-3H3/t16-,18?,19?/m0/s1. The molecule has 0 amide bonds. The van der Waals surface area contributed by atoms with Gasteiger partial charge in [0.25, 0.3) is 5.91 Å². The van der Waals surface area contributed by atoms with Crippen LogP contribution in [0.3, 0.4) is 0 Å². The zero-order chi connectivity index (χ0) is 29.7. The molecule has 1 aromatic carbocycles. The third-order valence-electron chi connectivity index (χ3n) is 8.75. The fourth-order valence-corrected chi connectivity index (χ4v) is 6.61. The third kappa shape index (κ3) is 5.08. The highest BCUT2D eigenvalue weighted by molar-refractivity contribution is 6.34. The predicted octanol–water partition coefficient (Wildman–Crippen LogP) is 6.09. The Bertz CT molecular complexity index is 1430. The van der Waals surface area contributed by atoms with E-state index in [9.17, 15) is 27.6 Å². The van der Waals surface area contributed by atoms with E-state index in [1.807, 2.05) is 13.0 Å². The van der Waals surface area contributed by atoms with Crippen molar-refractivity contribution in [3.63, 3.8) is 0 Å². The molecule has 2 unspecified atom stereocenters. The molecule has 220 valence electrons. The number of alkyl halides is 3. The van der Waals surface area contributed by atoms with Gasteiger partial charge in [0.1, 0.15) is 0 Å². The Morgan fingerprint density at radius 3 is 2.49 bits per heavy atom. The van der Waals surface area contributed by atoms with Gasteiger partial charge in [0.2, 0.25) is 0 Å². The molecule has 0 saturated heterocycles. The van der Waals surface area contributed by atoms with Gasteiger partial charge in [0.05, 0.1) is 52.9 Å². The lowest BCUT2D eigenvalue weighted by atomic mass is 9.79. The molecule has 1 fully saturated rings. The van der Waals surface area contributed by atoms with Gasteiger partial charge in [-0.15, -0.1) is 0 Å². The average Bonchev–Trinajstić information content (AvgIpc) is 3.68. The van der Waals surface area contributed by atoms with Gasteiger partial charge in [-0.05, 0) is 68.6 Å². The van der Waals surface area contributed by atoms with Gasteiger partial charge < -0.3 is 9.47 Å². The van der Waals surface area contributed by atoms with E-state index in [4.69, 9.17) is 21.1 Å². The van der Waals surface area contributed by atoms with Crippen LogP contribution in [0.15, 0.2) is 24.3 Å². The summed E-state index contributed by atoms with van der Waals surface area (Å²) in [4.78, 5) is 39.0. The summed E-state index contributed by atoms with van der Waals surface area (Å²) in [5.74, 6) is -2.41. The summed E-state index contributed by atoms with van der Waals surface area (Å²) in [6, 6.07) is 4.14. The summed E-state index contributed by atoms with van der Waals surface area (Å²) >= 11 is 6.43. The van der Waals surface area contributed by atoms with Crippen molar-refractivity contribution in [3.8, 4) is 0 Å². The number of benzene rings is 1. The lowest BCUT2D eigenvalue weighted by Crippen LogP contribution is -2.32. The Labute approximate surface area is 241 Å². The molecular formula is C30H32ClF3N2O5. The van der Waals surface area contributed by atoms with E-state index in [1.54, 1.807) is 6.92 Å². The monoisotopic (exact) mass is 592 g/mol. The molecule has 3 aliphatic rings. The normalized spacial score (nSPS) is 23.3. The highest BCUT2D eigenvalue weighted by Crippen LogP contribution is 2.60. The number of ether oxygens (including phenoxy) is 2. The summed E-state index contributed by atoms with van der Waals surface area (Å²) in [5.41, 5.74) is 0.150. The Morgan fingerprint density at radius 2 is 1.88 bits per heavy atom. The molecule has 3 atom stereocenters. The van der Waals surface area contributed by atoms with Gasteiger partial charge in [-0.25, -0.2) is 0 Å². The van der Waals surface area contributed by atoms with E-state index in [-0.39, 0.29) is 53.2 Å². The van der Waals surface area contributed by atoms with Crippen LogP contribution in [0.2, 0.25) is 5.02 Å². The molecule has 0 bridgehead atoms. The first-order valence-electron chi connectivity index (χ1n) is 13.9. The first-order valence-corrected chi connectivity index (χ1v) is 14.3. The first-order chi connectivity index (χ1) is 19.4. The van der Waals surface area contributed by atoms with Crippen molar-refractivity contribution in [3.05, 3.63) is 57.4 Å². The van der Waals surface area contributed by atoms with Crippen molar-refractivity contribution in [1.82, 2.24) is 9.78 Å². The molecule has 11 heteroatoms. The van der Waals surface area contributed by atoms with Gasteiger partial charge in [-0.2, -0.15) is 23.0 Å². The highest BCUT2D eigenvalue weighted by atomic mass is 35.5. The van der Waals surface area contributed by atoms with Crippen LogP contribution in [0.25, 0.3) is 5.57 Å². The fraction of sp³-hybridized carbons (Fsp3) is 0.533. The molecule has 41 heavy (non-hydrogen) atoms. The molecule has 0 radical (unpaired) electrons. The molecule has 1 heterocycles. The number of aromatic nitrogens is 2. The van der Waals surface area contributed by atoms with Crippen LogP contribution >= 0.6 is 11.6 Å². The quantitative estimate of drug-likeness (QED) is 0.377. The summed E-state index contributed by atoms with van der Waals surface area (Å²) < 4.78 is 53.8. The van der Waals surface area contributed by atoms with Crippen molar-refractivity contribution in [2.24, 2.45) is 17.8 Å². The predicted molar refractivity (Wildman–Crippen MR) is 144 cm³/mol. The second-order valence-corrected chi connectivity index (χ2v) is 11.6. The van der Waals surface area contributed by atoms with Gasteiger partial charge in [-0.1, -0.05) is 36.7 Å². The Balaban J connectivity index is 1.61. The molecule has 1 saturated carbocycles. The van der Waals surface area contributed by atoms with E-state index in [1.165, 1.54) is 25.3 Å². The number of methoxy groups -OCH3 is 1. The first kappa shape index (κ1) is 29.4. The smallest absolute Gasteiger partial charge is 0.398 e. The molecule has 2 aromatic rings.